The van der Waals surface area contributed by atoms with E-state index in [9.17, 15) is 4.79 Å². The van der Waals surface area contributed by atoms with Crippen molar-refractivity contribution in [2.75, 3.05) is 13.1 Å². The van der Waals surface area contributed by atoms with Crippen LogP contribution in [-0.4, -0.2) is 28.9 Å². The number of amides is 1. The summed E-state index contributed by atoms with van der Waals surface area (Å²) in [6.45, 7) is 5.72. The number of rotatable bonds is 8. The predicted octanol–water partition coefficient (Wildman–Crippen LogP) is 4.13. The lowest BCUT2D eigenvalue weighted by molar-refractivity contribution is 0.0747. The van der Waals surface area contributed by atoms with E-state index < -0.39 is 0 Å². The molecule has 2 aromatic rings. The summed E-state index contributed by atoms with van der Waals surface area (Å²) in [4.78, 5) is 19.1. The van der Waals surface area contributed by atoms with Gasteiger partial charge in [-0.15, -0.1) is 0 Å². The van der Waals surface area contributed by atoms with Gasteiger partial charge in [0.25, 0.3) is 5.91 Å². The molecule has 23 heavy (non-hydrogen) atoms. The van der Waals surface area contributed by atoms with Crippen LogP contribution in [0.15, 0.2) is 48.5 Å². The van der Waals surface area contributed by atoms with Crippen molar-refractivity contribution in [3.05, 3.63) is 65.5 Å². The van der Waals surface area contributed by atoms with Gasteiger partial charge in [-0.25, -0.2) is 4.98 Å². The van der Waals surface area contributed by atoms with E-state index in [2.05, 4.69) is 43.1 Å². The molecule has 3 nitrogen and oxygen atoms in total. The third kappa shape index (κ3) is 5.20. The summed E-state index contributed by atoms with van der Waals surface area (Å²) >= 11 is 0. The molecule has 0 atom stereocenters. The van der Waals surface area contributed by atoms with Gasteiger partial charge >= 0.3 is 0 Å². The average Bonchev–Trinajstić information content (AvgIpc) is 2.61. The Morgan fingerprint density at radius 3 is 2.48 bits per heavy atom. The van der Waals surface area contributed by atoms with E-state index in [1.54, 1.807) is 0 Å². The van der Waals surface area contributed by atoms with Crippen LogP contribution in [0.3, 0.4) is 0 Å². The van der Waals surface area contributed by atoms with Gasteiger partial charge in [0.05, 0.1) is 0 Å². The summed E-state index contributed by atoms with van der Waals surface area (Å²) in [6.07, 6.45) is 3.79. The zero-order valence-electron chi connectivity index (χ0n) is 14.2. The lowest BCUT2D eigenvalue weighted by Gasteiger charge is -2.22. The Hall–Kier alpha value is -2.16. The van der Waals surface area contributed by atoms with E-state index in [-0.39, 0.29) is 5.91 Å². The molecule has 3 heteroatoms. The Morgan fingerprint density at radius 2 is 1.78 bits per heavy atom. The van der Waals surface area contributed by atoms with E-state index in [4.69, 9.17) is 0 Å². The molecule has 122 valence electrons. The highest BCUT2D eigenvalue weighted by atomic mass is 16.2. The molecule has 0 unspecified atom stereocenters. The second-order valence-electron chi connectivity index (χ2n) is 5.75. The number of carbonyl (C=O) groups is 1. The summed E-state index contributed by atoms with van der Waals surface area (Å²) in [5.41, 5.74) is 2.86. The van der Waals surface area contributed by atoms with E-state index in [1.165, 1.54) is 5.56 Å². The second-order valence-corrected chi connectivity index (χ2v) is 5.75. The fourth-order valence-corrected chi connectivity index (χ4v) is 2.66. The molecule has 0 spiro atoms. The molecule has 0 N–H and O–H groups in total. The standard InChI is InChI=1S/C20H26N2O/c1-3-15-22(16-9-12-17-10-6-5-7-11-17)20(23)19-14-8-13-18(4-2)21-19/h5-8,10-11,13-14H,3-4,9,12,15-16H2,1-2H3. The molecule has 0 saturated heterocycles. The molecule has 0 bridgehead atoms. The quantitative estimate of drug-likeness (QED) is 0.734. The number of carbonyl (C=O) groups excluding carboxylic acids is 1. The van der Waals surface area contributed by atoms with Crippen LogP contribution in [-0.2, 0) is 12.8 Å². The Bertz CT molecular complexity index is 610. The van der Waals surface area contributed by atoms with Gasteiger partial charge < -0.3 is 4.90 Å². The van der Waals surface area contributed by atoms with Crippen molar-refractivity contribution >= 4 is 5.91 Å². The van der Waals surface area contributed by atoms with Crippen LogP contribution < -0.4 is 0 Å². The van der Waals surface area contributed by atoms with Crippen LogP contribution in [0.25, 0.3) is 0 Å². The third-order valence-electron chi connectivity index (χ3n) is 3.91. The number of benzene rings is 1. The molecule has 0 saturated carbocycles. The number of aryl methyl sites for hydroxylation is 2. The highest BCUT2D eigenvalue weighted by Crippen LogP contribution is 2.09. The molecule has 0 aliphatic carbocycles. The van der Waals surface area contributed by atoms with Crippen molar-refractivity contribution in [1.29, 1.82) is 0 Å². The van der Waals surface area contributed by atoms with Gasteiger partial charge in [-0.3, -0.25) is 4.79 Å². The van der Waals surface area contributed by atoms with Crippen molar-refractivity contribution in [2.45, 2.75) is 39.5 Å². The van der Waals surface area contributed by atoms with Crippen LogP contribution >= 0.6 is 0 Å². The van der Waals surface area contributed by atoms with E-state index in [1.807, 2.05) is 29.2 Å². The lowest BCUT2D eigenvalue weighted by Crippen LogP contribution is -2.33. The maximum Gasteiger partial charge on any atom is 0.272 e. The average molecular weight is 310 g/mol. The topological polar surface area (TPSA) is 33.2 Å². The van der Waals surface area contributed by atoms with Crippen molar-refractivity contribution < 1.29 is 4.79 Å². The van der Waals surface area contributed by atoms with Gasteiger partial charge in [0, 0.05) is 18.8 Å². The van der Waals surface area contributed by atoms with Crippen LogP contribution in [0.1, 0.15) is 48.4 Å². The molecule has 0 aliphatic rings. The first kappa shape index (κ1) is 17.2. The van der Waals surface area contributed by atoms with Gasteiger partial charge in [-0.1, -0.05) is 50.2 Å². The van der Waals surface area contributed by atoms with Crippen molar-refractivity contribution in [3.8, 4) is 0 Å². The first-order chi connectivity index (χ1) is 11.2. The molecular formula is C20H26N2O. The van der Waals surface area contributed by atoms with E-state index >= 15 is 0 Å². The van der Waals surface area contributed by atoms with E-state index in [0.717, 1.165) is 44.5 Å². The summed E-state index contributed by atoms with van der Waals surface area (Å²) in [7, 11) is 0. The largest absolute Gasteiger partial charge is 0.337 e. The zero-order valence-corrected chi connectivity index (χ0v) is 14.2. The number of hydrogen-bond donors (Lipinski definition) is 0. The van der Waals surface area contributed by atoms with Gasteiger partial charge in [0.15, 0.2) is 0 Å². The minimum absolute atomic E-state index is 0.0511. The lowest BCUT2D eigenvalue weighted by atomic mass is 10.1. The van der Waals surface area contributed by atoms with Crippen molar-refractivity contribution in [1.82, 2.24) is 9.88 Å². The normalized spacial score (nSPS) is 10.5. The summed E-state index contributed by atoms with van der Waals surface area (Å²) in [5.74, 6) is 0.0511. The molecule has 1 aromatic heterocycles. The van der Waals surface area contributed by atoms with Crippen LogP contribution in [0.2, 0.25) is 0 Å². The predicted molar refractivity (Wildman–Crippen MR) is 94.6 cm³/mol. The third-order valence-corrected chi connectivity index (χ3v) is 3.91. The Kier molecular flexibility index (Phi) is 6.79. The summed E-state index contributed by atoms with van der Waals surface area (Å²) < 4.78 is 0. The first-order valence-corrected chi connectivity index (χ1v) is 8.53. The monoisotopic (exact) mass is 310 g/mol. The number of aromatic nitrogens is 1. The van der Waals surface area contributed by atoms with Gasteiger partial charge in [-0.05, 0) is 43.4 Å². The Balaban J connectivity index is 1.97. The molecule has 1 heterocycles. The van der Waals surface area contributed by atoms with Gasteiger partial charge in [-0.2, -0.15) is 0 Å². The SMILES string of the molecule is CCCN(CCCc1ccccc1)C(=O)c1cccc(CC)n1. The Morgan fingerprint density at radius 1 is 1.00 bits per heavy atom. The maximum atomic E-state index is 12.7. The highest BCUT2D eigenvalue weighted by Gasteiger charge is 2.16. The first-order valence-electron chi connectivity index (χ1n) is 8.53. The maximum absolute atomic E-state index is 12.7. The molecular weight excluding hydrogens is 284 g/mol. The fourth-order valence-electron chi connectivity index (χ4n) is 2.66. The summed E-state index contributed by atoms with van der Waals surface area (Å²) in [5, 5.41) is 0. The Labute approximate surface area is 139 Å². The molecule has 0 aliphatic heterocycles. The number of pyridine rings is 1. The second kappa shape index (κ2) is 9.09. The zero-order chi connectivity index (χ0) is 16.5. The van der Waals surface area contributed by atoms with E-state index in [0.29, 0.717) is 5.69 Å². The van der Waals surface area contributed by atoms with Crippen LogP contribution in [0, 0.1) is 0 Å². The smallest absolute Gasteiger partial charge is 0.272 e. The fraction of sp³-hybridized carbons (Fsp3) is 0.400. The van der Waals surface area contributed by atoms with Crippen LogP contribution in [0.4, 0.5) is 0 Å². The molecule has 1 aromatic carbocycles. The van der Waals surface area contributed by atoms with Crippen molar-refractivity contribution in [3.63, 3.8) is 0 Å². The van der Waals surface area contributed by atoms with Gasteiger partial charge in [0.2, 0.25) is 0 Å². The van der Waals surface area contributed by atoms with Gasteiger partial charge in [0.1, 0.15) is 5.69 Å². The highest BCUT2D eigenvalue weighted by molar-refractivity contribution is 5.92. The minimum Gasteiger partial charge on any atom is -0.337 e. The van der Waals surface area contributed by atoms with Crippen LogP contribution in [0.5, 0.6) is 0 Å². The minimum atomic E-state index is 0.0511. The number of hydrogen-bond acceptors (Lipinski definition) is 2. The molecule has 2 rings (SSSR count). The molecule has 0 fully saturated rings. The van der Waals surface area contributed by atoms with Crippen molar-refractivity contribution in [2.24, 2.45) is 0 Å². The molecule has 1 amide bonds. The summed E-state index contributed by atoms with van der Waals surface area (Å²) in [6, 6.07) is 16.1. The molecule has 0 radical (unpaired) electrons. The number of nitrogens with zero attached hydrogens (tertiary/aromatic N) is 2.